The Bertz CT molecular complexity index is 730. The van der Waals surface area contributed by atoms with Crippen LogP contribution in [0.25, 0.3) is 0 Å². The zero-order valence-corrected chi connectivity index (χ0v) is 14.1. The number of phenols is 1. The van der Waals surface area contributed by atoms with Gasteiger partial charge in [-0.05, 0) is 55.2 Å². The Hall–Kier alpha value is -2.53. The van der Waals surface area contributed by atoms with Gasteiger partial charge in [-0.25, -0.2) is 0 Å². The van der Waals surface area contributed by atoms with E-state index >= 15 is 0 Å². The molecule has 0 unspecified atom stereocenters. The maximum Gasteiger partial charge on any atom is 0.313 e. The molecule has 0 bridgehead atoms. The molecule has 0 aliphatic heterocycles. The summed E-state index contributed by atoms with van der Waals surface area (Å²) in [5.41, 5.74) is 2.29. The summed E-state index contributed by atoms with van der Waals surface area (Å²) in [6.45, 7) is 2.16. The SMILES string of the molecule is Cc1c(Cl)cccc1NC(=O)C(=O)NCCCc1ccc(O)cc1. The minimum absolute atomic E-state index is 0.222. The number of carbonyl (C=O) groups excluding carboxylic acids is 2. The zero-order chi connectivity index (χ0) is 17.5. The smallest absolute Gasteiger partial charge is 0.313 e. The average Bonchev–Trinajstić information content (AvgIpc) is 2.57. The van der Waals surface area contributed by atoms with Crippen LogP contribution >= 0.6 is 11.6 Å². The number of rotatable bonds is 5. The molecule has 3 N–H and O–H groups in total. The number of hydrogen-bond donors (Lipinski definition) is 3. The number of amides is 2. The van der Waals surface area contributed by atoms with Crippen LogP contribution in [0.3, 0.4) is 0 Å². The molecular formula is C18H19ClN2O3. The summed E-state index contributed by atoms with van der Waals surface area (Å²) in [5.74, 6) is -1.18. The van der Waals surface area contributed by atoms with Crippen LogP contribution in [0.2, 0.25) is 5.02 Å². The molecular weight excluding hydrogens is 328 g/mol. The highest BCUT2D eigenvalue weighted by molar-refractivity contribution is 6.40. The summed E-state index contributed by atoms with van der Waals surface area (Å²) in [5, 5.41) is 14.9. The topological polar surface area (TPSA) is 78.4 Å². The van der Waals surface area contributed by atoms with Gasteiger partial charge >= 0.3 is 11.8 Å². The normalized spacial score (nSPS) is 10.2. The molecule has 0 fully saturated rings. The van der Waals surface area contributed by atoms with Gasteiger partial charge in [0.1, 0.15) is 5.75 Å². The number of aromatic hydroxyl groups is 1. The Morgan fingerprint density at radius 2 is 1.79 bits per heavy atom. The summed E-state index contributed by atoms with van der Waals surface area (Å²) in [6.07, 6.45) is 1.44. The van der Waals surface area contributed by atoms with E-state index in [1.165, 1.54) is 0 Å². The van der Waals surface area contributed by atoms with E-state index in [1.54, 1.807) is 37.3 Å². The highest BCUT2D eigenvalue weighted by Crippen LogP contribution is 2.22. The number of carbonyl (C=O) groups is 2. The van der Waals surface area contributed by atoms with Crippen LogP contribution in [0.15, 0.2) is 42.5 Å². The Morgan fingerprint density at radius 1 is 1.08 bits per heavy atom. The molecule has 0 aromatic heterocycles. The van der Waals surface area contributed by atoms with Crippen molar-refractivity contribution in [2.45, 2.75) is 19.8 Å². The predicted molar refractivity (Wildman–Crippen MR) is 94.3 cm³/mol. The highest BCUT2D eigenvalue weighted by atomic mass is 35.5. The molecule has 0 spiro atoms. The second kappa shape index (κ2) is 8.36. The number of hydrogen-bond acceptors (Lipinski definition) is 3. The van der Waals surface area contributed by atoms with Gasteiger partial charge in [0.05, 0.1) is 0 Å². The first-order chi connectivity index (χ1) is 11.5. The lowest BCUT2D eigenvalue weighted by Crippen LogP contribution is -2.36. The van der Waals surface area contributed by atoms with Crippen molar-refractivity contribution in [3.05, 3.63) is 58.6 Å². The van der Waals surface area contributed by atoms with Gasteiger partial charge in [0.25, 0.3) is 0 Å². The van der Waals surface area contributed by atoms with E-state index in [9.17, 15) is 14.7 Å². The van der Waals surface area contributed by atoms with Crippen molar-refractivity contribution in [1.82, 2.24) is 5.32 Å². The van der Waals surface area contributed by atoms with E-state index in [1.807, 2.05) is 12.1 Å². The third-order valence-corrected chi connectivity index (χ3v) is 4.00. The molecule has 6 heteroatoms. The van der Waals surface area contributed by atoms with Crippen LogP contribution in [0.4, 0.5) is 5.69 Å². The van der Waals surface area contributed by atoms with Gasteiger partial charge in [-0.15, -0.1) is 0 Å². The first kappa shape index (κ1) is 17.8. The zero-order valence-electron chi connectivity index (χ0n) is 13.3. The molecule has 0 heterocycles. The van der Waals surface area contributed by atoms with E-state index in [4.69, 9.17) is 11.6 Å². The molecule has 0 saturated heterocycles. The number of anilines is 1. The maximum atomic E-state index is 11.9. The van der Waals surface area contributed by atoms with E-state index in [-0.39, 0.29) is 5.75 Å². The van der Waals surface area contributed by atoms with Crippen molar-refractivity contribution in [2.75, 3.05) is 11.9 Å². The Balaban J connectivity index is 1.76. The van der Waals surface area contributed by atoms with Crippen LogP contribution < -0.4 is 10.6 Å². The quantitative estimate of drug-likeness (QED) is 0.575. The van der Waals surface area contributed by atoms with Crippen molar-refractivity contribution in [3.63, 3.8) is 0 Å². The van der Waals surface area contributed by atoms with Crippen molar-refractivity contribution in [2.24, 2.45) is 0 Å². The van der Waals surface area contributed by atoms with Gasteiger partial charge in [-0.3, -0.25) is 9.59 Å². The third kappa shape index (κ3) is 4.99. The monoisotopic (exact) mass is 346 g/mol. The number of halogens is 1. The molecule has 0 saturated carbocycles. The third-order valence-electron chi connectivity index (χ3n) is 3.59. The van der Waals surface area contributed by atoms with Crippen molar-refractivity contribution < 1.29 is 14.7 Å². The standard InChI is InChI=1S/C18H19ClN2O3/c1-12-15(19)5-2-6-16(12)21-18(24)17(23)20-11-3-4-13-7-9-14(22)10-8-13/h2,5-10,22H,3-4,11H2,1H3,(H,20,23)(H,21,24). The Labute approximate surface area is 145 Å². The van der Waals surface area contributed by atoms with Gasteiger partial charge in [0.15, 0.2) is 0 Å². The van der Waals surface area contributed by atoms with Crippen LogP contribution in [-0.4, -0.2) is 23.5 Å². The molecule has 2 aromatic carbocycles. The molecule has 0 aliphatic carbocycles. The number of benzene rings is 2. The summed E-state index contributed by atoms with van der Waals surface area (Å²) in [7, 11) is 0. The molecule has 0 radical (unpaired) electrons. The van der Waals surface area contributed by atoms with Crippen molar-refractivity contribution in [3.8, 4) is 5.75 Å². The van der Waals surface area contributed by atoms with E-state index in [0.29, 0.717) is 29.2 Å². The summed E-state index contributed by atoms with van der Waals surface area (Å²) >= 11 is 5.98. The van der Waals surface area contributed by atoms with Gasteiger partial charge in [0, 0.05) is 17.3 Å². The Kier molecular flexibility index (Phi) is 6.21. The van der Waals surface area contributed by atoms with Crippen LogP contribution in [0.1, 0.15) is 17.5 Å². The molecule has 5 nitrogen and oxygen atoms in total. The summed E-state index contributed by atoms with van der Waals surface area (Å²) < 4.78 is 0. The van der Waals surface area contributed by atoms with Crippen molar-refractivity contribution in [1.29, 1.82) is 0 Å². The van der Waals surface area contributed by atoms with Gasteiger partial charge in [-0.1, -0.05) is 29.8 Å². The second-order valence-electron chi connectivity index (χ2n) is 5.39. The summed E-state index contributed by atoms with van der Waals surface area (Å²) in [4.78, 5) is 23.7. The fourth-order valence-electron chi connectivity index (χ4n) is 2.16. The van der Waals surface area contributed by atoms with Gasteiger partial charge in [-0.2, -0.15) is 0 Å². The summed E-state index contributed by atoms with van der Waals surface area (Å²) in [6, 6.07) is 12.0. The van der Waals surface area contributed by atoms with Gasteiger partial charge < -0.3 is 15.7 Å². The lowest BCUT2D eigenvalue weighted by Gasteiger charge is -2.09. The van der Waals surface area contributed by atoms with E-state index < -0.39 is 11.8 Å². The first-order valence-corrected chi connectivity index (χ1v) is 7.97. The molecule has 2 amide bonds. The minimum Gasteiger partial charge on any atom is -0.508 e. The molecule has 126 valence electrons. The number of nitrogens with one attached hydrogen (secondary N) is 2. The maximum absolute atomic E-state index is 11.9. The van der Waals surface area contributed by atoms with Gasteiger partial charge in [0.2, 0.25) is 0 Å². The lowest BCUT2D eigenvalue weighted by molar-refractivity contribution is -0.136. The molecule has 0 atom stereocenters. The lowest BCUT2D eigenvalue weighted by atomic mass is 10.1. The van der Waals surface area contributed by atoms with E-state index in [2.05, 4.69) is 10.6 Å². The second-order valence-corrected chi connectivity index (χ2v) is 5.80. The average molecular weight is 347 g/mol. The van der Waals surface area contributed by atoms with Crippen LogP contribution in [0, 0.1) is 6.92 Å². The predicted octanol–water partition coefficient (Wildman–Crippen LogP) is 3.04. The highest BCUT2D eigenvalue weighted by Gasteiger charge is 2.14. The van der Waals surface area contributed by atoms with Crippen LogP contribution in [0.5, 0.6) is 5.75 Å². The minimum atomic E-state index is -0.718. The van der Waals surface area contributed by atoms with E-state index in [0.717, 1.165) is 12.0 Å². The largest absolute Gasteiger partial charge is 0.508 e. The Morgan fingerprint density at radius 3 is 2.50 bits per heavy atom. The van der Waals surface area contributed by atoms with Crippen molar-refractivity contribution >= 4 is 29.1 Å². The first-order valence-electron chi connectivity index (χ1n) is 7.59. The molecule has 24 heavy (non-hydrogen) atoms. The fourth-order valence-corrected chi connectivity index (χ4v) is 2.33. The molecule has 0 aliphatic rings. The van der Waals surface area contributed by atoms with Crippen LogP contribution in [-0.2, 0) is 16.0 Å². The number of phenolic OH excluding ortho intramolecular Hbond substituents is 1. The fraction of sp³-hybridized carbons (Fsp3) is 0.222. The molecule has 2 aromatic rings. The number of aryl methyl sites for hydroxylation is 1. The molecule has 2 rings (SSSR count).